The van der Waals surface area contributed by atoms with Gasteiger partial charge in [-0.05, 0) is 36.4 Å². The number of thioether (sulfide) groups is 1. The maximum atomic E-state index is 13.1. The number of benzene rings is 1. The minimum Gasteiger partial charge on any atom is -0.497 e. The number of nitrogens with zero attached hydrogens (tertiary/aromatic N) is 4. The molecule has 2 amide bonds. The van der Waals surface area contributed by atoms with Crippen LogP contribution in [0.4, 0.5) is 5.69 Å². The van der Waals surface area contributed by atoms with Gasteiger partial charge in [0.15, 0.2) is 5.16 Å². The van der Waals surface area contributed by atoms with E-state index in [4.69, 9.17) is 14.9 Å². The zero-order valence-electron chi connectivity index (χ0n) is 18.4. The maximum absolute atomic E-state index is 13.1. The number of hydrogen-bond donors (Lipinski definition) is 1. The predicted molar refractivity (Wildman–Crippen MR) is 122 cm³/mol. The molecule has 0 atom stereocenters. The molecule has 3 aromatic rings. The highest BCUT2D eigenvalue weighted by Crippen LogP contribution is 2.25. The molecule has 0 aliphatic heterocycles. The van der Waals surface area contributed by atoms with Gasteiger partial charge in [0.1, 0.15) is 17.3 Å². The normalized spacial score (nSPS) is 11.0. The number of primary amides is 1. The standard InChI is InChI=1S/C22H27N5O4S/c1-15(2)21-24-25-22(27(21)13-18-5-4-12-31-18)32-14-20(29)26(11-10-19(23)28)16-6-8-17(30-3)9-7-16/h4-9,12,15H,10-11,13-14H2,1-3H3,(H2,23,28). The van der Waals surface area contributed by atoms with Crippen molar-refractivity contribution in [3.05, 3.63) is 54.2 Å². The quantitative estimate of drug-likeness (QED) is 0.440. The molecule has 0 aliphatic carbocycles. The Morgan fingerprint density at radius 3 is 2.56 bits per heavy atom. The Bertz CT molecular complexity index is 1030. The first-order valence-electron chi connectivity index (χ1n) is 10.2. The molecule has 0 radical (unpaired) electrons. The maximum Gasteiger partial charge on any atom is 0.237 e. The Labute approximate surface area is 190 Å². The molecular weight excluding hydrogens is 430 g/mol. The van der Waals surface area contributed by atoms with Gasteiger partial charge < -0.3 is 19.8 Å². The number of anilines is 1. The Balaban J connectivity index is 1.77. The van der Waals surface area contributed by atoms with Crippen molar-refractivity contribution >= 4 is 29.3 Å². The summed E-state index contributed by atoms with van der Waals surface area (Å²) in [6.45, 7) is 4.75. The number of rotatable bonds is 11. The summed E-state index contributed by atoms with van der Waals surface area (Å²) in [5, 5.41) is 9.23. The molecule has 0 saturated carbocycles. The molecule has 0 aliphatic rings. The lowest BCUT2D eigenvalue weighted by Crippen LogP contribution is -2.35. The SMILES string of the molecule is COc1ccc(N(CCC(N)=O)C(=O)CSc2nnc(C(C)C)n2Cc2ccco2)cc1. The fraction of sp³-hybridized carbons (Fsp3) is 0.364. The summed E-state index contributed by atoms with van der Waals surface area (Å²) in [6, 6.07) is 10.8. The van der Waals surface area contributed by atoms with Crippen LogP contribution in [-0.2, 0) is 16.1 Å². The van der Waals surface area contributed by atoms with Gasteiger partial charge in [-0.1, -0.05) is 25.6 Å². The van der Waals surface area contributed by atoms with E-state index >= 15 is 0 Å². The van der Waals surface area contributed by atoms with Gasteiger partial charge in [-0.25, -0.2) is 0 Å². The second kappa shape index (κ2) is 10.9. The van der Waals surface area contributed by atoms with Gasteiger partial charge in [-0.3, -0.25) is 14.2 Å². The van der Waals surface area contributed by atoms with Gasteiger partial charge in [-0.2, -0.15) is 0 Å². The van der Waals surface area contributed by atoms with Crippen molar-refractivity contribution in [2.24, 2.45) is 5.73 Å². The lowest BCUT2D eigenvalue weighted by atomic mass is 10.2. The van der Waals surface area contributed by atoms with Crippen LogP contribution in [0.3, 0.4) is 0 Å². The van der Waals surface area contributed by atoms with E-state index < -0.39 is 5.91 Å². The Kier molecular flexibility index (Phi) is 7.93. The van der Waals surface area contributed by atoms with E-state index in [-0.39, 0.29) is 30.5 Å². The number of ether oxygens (including phenoxy) is 1. The highest BCUT2D eigenvalue weighted by molar-refractivity contribution is 7.99. The number of furan rings is 1. The van der Waals surface area contributed by atoms with Crippen LogP contribution in [0.15, 0.2) is 52.2 Å². The van der Waals surface area contributed by atoms with E-state index in [1.54, 1.807) is 42.5 Å². The summed E-state index contributed by atoms with van der Waals surface area (Å²) >= 11 is 1.30. The van der Waals surface area contributed by atoms with Gasteiger partial charge in [0.25, 0.3) is 0 Å². The number of carbonyl (C=O) groups excluding carboxylic acids is 2. The average molecular weight is 458 g/mol. The largest absolute Gasteiger partial charge is 0.497 e. The van der Waals surface area contributed by atoms with Crippen molar-refractivity contribution in [2.45, 2.75) is 37.9 Å². The second-order valence-electron chi connectivity index (χ2n) is 7.41. The number of carbonyl (C=O) groups is 2. The molecule has 1 aromatic carbocycles. The number of hydrogen-bond acceptors (Lipinski definition) is 7. The van der Waals surface area contributed by atoms with Crippen molar-refractivity contribution in [3.63, 3.8) is 0 Å². The number of amides is 2. The predicted octanol–water partition coefficient (Wildman–Crippen LogP) is 3.05. The fourth-order valence-electron chi connectivity index (χ4n) is 3.13. The molecule has 32 heavy (non-hydrogen) atoms. The van der Waals surface area contributed by atoms with Crippen LogP contribution in [0, 0.1) is 0 Å². The van der Waals surface area contributed by atoms with E-state index in [1.165, 1.54) is 11.8 Å². The third-order valence-electron chi connectivity index (χ3n) is 4.75. The molecule has 9 nitrogen and oxygen atoms in total. The van der Waals surface area contributed by atoms with Crippen LogP contribution in [-0.4, -0.2) is 46.0 Å². The minimum absolute atomic E-state index is 0.0641. The molecule has 0 spiro atoms. The third-order valence-corrected chi connectivity index (χ3v) is 5.70. The van der Waals surface area contributed by atoms with E-state index in [1.807, 2.05) is 30.5 Å². The van der Waals surface area contributed by atoms with E-state index in [0.29, 0.717) is 23.1 Å². The molecule has 170 valence electrons. The summed E-state index contributed by atoms with van der Waals surface area (Å²) in [5.41, 5.74) is 5.98. The molecule has 0 fully saturated rings. The fourth-order valence-corrected chi connectivity index (χ4v) is 3.95. The van der Waals surface area contributed by atoms with Crippen LogP contribution < -0.4 is 15.4 Å². The van der Waals surface area contributed by atoms with Crippen molar-refractivity contribution in [3.8, 4) is 5.75 Å². The molecule has 2 aromatic heterocycles. The summed E-state index contributed by atoms with van der Waals surface area (Å²) in [5.74, 6) is 1.92. The van der Waals surface area contributed by atoms with Gasteiger partial charge in [0.05, 0.1) is 25.7 Å². The van der Waals surface area contributed by atoms with Gasteiger partial charge >= 0.3 is 0 Å². The van der Waals surface area contributed by atoms with E-state index in [0.717, 1.165) is 11.6 Å². The minimum atomic E-state index is -0.469. The van der Waals surface area contributed by atoms with Gasteiger partial charge in [0.2, 0.25) is 11.8 Å². The van der Waals surface area contributed by atoms with Crippen LogP contribution in [0.25, 0.3) is 0 Å². The van der Waals surface area contributed by atoms with Crippen LogP contribution in [0.2, 0.25) is 0 Å². The molecule has 0 saturated heterocycles. The van der Waals surface area contributed by atoms with Crippen LogP contribution in [0.1, 0.15) is 37.8 Å². The highest BCUT2D eigenvalue weighted by atomic mass is 32.2. The number of aromatic nitrogens is 3. The number of methoxy groups -OCH3 is 1. The summed E-state index contributed by atoms with van der Waals surface area (Å²) in [6.07, 6.45) is 1.69. The summed E-state index contributed by atoms with van der Waals surface area (Å²) in [4.78, 5) is 26.0. The second-order valence-corrected chi connectivity index (χ2v) is 8.35. The lowest BCUT2D eigenvalue weighted by molar-refractivity contribution is -0.118. The first kappa shape index (κ1) is 23.4. The topological polar surface area (TPSA) is 116 Å². The van der Waals surface area contributed by atoms with E-state index in [2.05, 4.69) is 10.2 Å². The first-order valence-corrected chi connectivity index (χ1v) is 11.2. The highest BCUT2D eigenvalue weighted by Gasteiger charge is 2.21. The number of nitrogens with two attached hydrogens (primary N) is 1. The molecular formula is C22H27N5O4S. The Morgan fingerprint density at radius 2 is 1.97 bits per heavy atom. The molecule has 3 rings (SSSR count). The Morgan fingerprint density at radius 1 is 1.22 bits per heavy atom. The molecule has 2 N–H and O–H groups in total. The zero-order chi connectivity index (χ0) is 23.1. The first-order chi connectivity index (χ1) is 15.4. The van der Waals surface area contributed by atoms with Crippen LogP contribution in [0.5, 0.6) is 5.75 Å². The molecule has 10 heteroatoms. The third kappa shape index (κ3) is 5.91. The van der Waals surface area contributed by atoms with E-state index in [9.17, 15) is 9.59 Å². The van der Waals surface area contributed by atoms with Crippen molar-refractivity contribution < 1.29 is 18.7 Å². The molecule has 0 bridgehead atoms. The zero-order valence-corrected chi connectivity index (χ0v) is 19.2. The molecule has 0 unspecified atom stereocenters. The van der Waals surface area contributed by atoms with Crippen LogP contribution >= 0.6 is 11.8 Å². The van der Waals surface area contributed by atoms with Gasteiger partial charge in [0, 0.05) is 24.6 Å². The smallest absolute Gasteiger partial charge is 0.237 e. The van der Waals surface area contributed by atoms with Gasteiger partial charge in [-0.15, -0.1) is 10.2 Å². The van der Waals surface area contributed by atoms with Crippen molar-refractivity contribution in [1.29, 1.82) is 0 Å². The molecule has 2 heterocycles. The average Bonchev–Trinajstić information content (AvgIpc) is 3.43. The Hall–Kier alpha value is -3.27. The van der Waals surface area contributed by atoms with Crippen molar-refractivity contribution in [1.82, 2.24) is 14.8 Å². The lowest BCUT2D eigenvalue weighted by Gasteiger charge is -2.22. The summed E-state index contributed by atoms with van der Waals surface area (Å²) < 4.78 is 12.6. The summed E-state index contributed by atoms with van der Waals surface area (Å²) in [7, 11) is 1.58. The van der Waals surface area contributed by atoms with Crippen molar-refractivity contribution in [2.75, 3.05) is 24.3 Å². The monoisotopic (exact) mass is 457 g/mol.